The Kier molecular flexibility index (Phi) is 14.2. The van der Waals surface area contributed by atoms with Crippen LogP contribution in [0.2, 0.25) is 0 Å². The van der Waals surface area contributed by atoms with Crippen LogP contribution < -0.4 is 24.8 Å². The SMILES string of the molecule is CCOc1cc(CCCNC(=NC)NCc2cccnc2OCCOC)ccc1OC.I. The molecule has 0 bridgehead atoms. The summed E-state index contributed by atoms with van der Waals surface area (Å²) in [5, 5.41) is 6.65. The fourth-order valence-corrected chi connectivity index (χ4v) is 2.95. The van der Waals surface area contributed by atoms with Gasteiger partial charge in [0.15, 0.2) is 17.5 Å². The number of aromatic nitrogens is 1. The Bertz CT molecular complexity index is 820. The summed E-state index contributed by atoms with van der Waals surface area (Å²) in [6.07, 6.45) is 3.60. The molecule has 0 saturated heterocycles. The summed E-state index contributed by atoms with van der Waals surface area (Å²) < 4.78 is 21.7. The van der Waals surface area contributed by atoms with E-state index in [4.69, 9.17) is 18.9 Å². The van der Waals surface area contributed by atoms with Crippen molar-refractivity contribution in [1.29, 1.82) is 0 Å². The van der Waals surface area contributed by atoms with Gasteiger partial charge in [0, 0.05) is 39.0 Å². The molecule has 1 heterocycles. The highest BCUT2D eigenvalue weighted by Gasteiger charge is 2.07. The van der Waals surface area contributed by atoms with E-state index in [-0.39, 0.29) is 24.0 Å². The summed E-state index contributed by atoms with van der Waals surface area (Å²) in [6, 6.07) is 9.94. The molecule has 2 rings (SSSR count). The third-order valence-electron chi connectivity index (χ3n) is 4.51. The van der Waals surface area contributed by atoms with Gasteiger partial charge in [0.05, 0.1) is 20.3 Å². The van der Waals surface area contributed by atoms with Gasteiger partial charge in [-0.2, -0.15) is 0 Å². The fourth-order valence-electron chi connectivity index (χ4n) is 2.95. The van der Waals surface area contributed by atoms with Gasteiger partial charge in [-0.05, 0) is 43.5 Å². The first-order chi connectivity index (χ1) is 15.2. The Hall–Kier alpha value is -2.27. The van der Waals surface area contributed by atoms with Crippen LogP contribution in [0.5, 0.6) is 17.4 Å². The van der Waals surface area contributed by atoms with E-state index in [2.05, 4.69) is 26.7 Å². The van der Waals surface area contributed by atoms with Crippen LogP contribution in [-0.2, 0) is 17.7 Å². The van der Waals surface area contributed by atoms with Crippen molar-refractivity contribution in [2.75, 3.05) is 47.6 Å². The zero-order chi connectivity index (χ0) is 22.3. The second-order valence-electron chi connectivity index (χ2n) is 6.68. The Labute approximate surface area is 208 Å². The number of aryl methyl sites for hydroxylation is 1. The van der Waals surface area contributed by atoms with E-state index >= 15 is 0 Å². The van der Waals surface area contributed by atoms with Gasteiger partial charge in [-0.1, -0.05) is 12.1 Å². The molecule has 0 aliphatic heterocycles. The van der Waals surface area contributed by atoms with E-state index in [1.165, 1.54) is 5.56 Å². The summed E-state index contributed by atoms with van der Waals surface area (Å²) in [5.74, 6) is 2.88. The molecule has 0 aliphatic carbocycles. The van der Waals surface area contributed by atoms with Crippen molar-refractivity contribution in [3.05, 3.63) is 47.7 Å². The van der Waals surface area contributed by atoms with Gasteiger partial charge in [-0.3, -0.25) is 4.99 Å². The number of aliphatic imine (C=N–C) groups is 1. The molecule has 0 radical (unpaired) electrons. The van der Waals surface area contributed by atoms with Crippen LogP contribution in [0.4, 0.5) is 0 Å². The minimum Gasteiger partial charge on any atom is -0.493 e. The minimum absolute atomic E-state index is 0. The van der Waals surface area contributed by atoms with E-state index in [9.17, 15) is 0 Å². The van der Waals surface area contributed by atoms with E-state index in [1.807, 2.05) is 31.2 Å². The highest BCUT2D eigenvalue weighted by Crippen LogP contribution is 2.28. The van der Waals surface area contributed by atoms with Crippen molar-refractivity contribution >= 4 is 29.9 Å². The first kappa shape index (κ1) is 27.8. The normalized spacial score (nSPS) is 10.8. The van der Waals surface area contributed by atoms with Crippen LogP contribution in [0.3, 0.4) is 0 Å². The molecular formula is C23H35IN4O4. The van der Waals surface area contributed by atoms with Gasteiger partial charge < -0.3 is 29.6 Å². The molecular weight excluding hydrogens is 523 g/mol. The number of nitrogens with zero attached hydrogens (tertiary/aromatic N) is 2. The molecule has 0 fully saturated rings. The second kappa shape index (κ2) is 16.4. The molecule has 32 heavy (non-hydrogen) atoms. The number of hydrogen-bond acceptors (Lipinski definition) is 6. The monoisotopic (exact) mass is 558 g/mol. The molecule has 1 aromatic carbocycles. The van der Waals surface area contributed by atoms with Gasteiger partial charge in [0.25, 0.3) is 0 Å². The van der Waals surface area contributed by atoms with Crippen LogP contribution in [-0.4, -0.2) is 58.6 Å². The summed E-state index contributed by atoms with van der Waals surface area (Å²) in [6.45, 7) is 4.91. The number of rotatable bonds is 13. The van der Waals surface area contributed by atoms with Crippen LogP contribution >= 0.6 is 24.0 Å². The number of ether oxygens (including phenoxy) is 4. The third-order valence-corrected chi connectivity index (χ3v) is 4.51. The van der Waals surface area contributed by atoms with Crippen LogP contribution in [0, 0.1) is 0 Å². The largest absolute Gasteiger partial charge is 0.493 e. The summed E-state index contributed by atoms with van der Waals surface area (Å²) in [7, 11) is 5.05. The Morgan fingerprint density at radius 1 is 1.06 bits per heavy atom. The predicted octanol–water partition coefficient (Wildman–Crippen LogP) is 3.43. The lowest BCUT2D eigenvalue weighted by Crippen LogP contribution is -2.37. The molecule has 0 unspecified atom stereocenters. The Balaban J connectivity index is 0.00000512. The third kappa shape index (κ3) is 9.47. The van der Waals surface area contributed by atoms with Gasteiger partial charge in [-0.15, -0.1) is 24.0 Å². The smallest absolute Gasteiger partial charge is 0.218 e. The van der Waals surface area contributed by atoms with Gasteiger partial charge in [0.2, 0.25) is 5.88 Å². The zero-order valence-corrected chi connectivity index (χ0v) is 21.7. The lowest BCUT2D eigenvalue weighted by molar-refractivity contribution is 0.143. The number of pyridine rings is 1. The summed E-state index contributed by atoms with van der Waals surface area (Å²) >= 11 is 0. The predicted molar refractivity (Wildman–Crippen MR) is 138 cm³/mol. The average molecular weight is 558 g/mol. The second-order valence-corrected chi connectivity index (χ2v) is 6.68. The molecule has 0 atom stereocenters. The number of halogens is 1. The Morgan fingerprint density at radius 3 is 2.62 bits per heavy atom. The van der Waals surface area contributed by atoms with Crippen molar-refractivity contribution in [1.82, 2.24) is 15.6 Å². The highest BCUT2D eigenvalue weighted by molar-refractivity contribution is 14.0. The maximum atomic E-state index is 5.68. The standard InChI is InChI=1S/C23H34N4O4.HI/c1-5-30-21-16-18(10-11-20(21)29-4)8-6-13-26-23(24-2)27-17-19-9-7-12-25-22(19)31-15-14-28-3;/h7,9-12,16H,5-6,8,13-15,17H2,1-4H3,(H2,24,26,27);1H. The maximum absolute atomic E-state index is 5.68. The van der Waals surface area contributed by atoms with Gasteiger partial charge >= 0.3 is 0 Å². The van der Waals surface area contributed by atoms with Crippen molar-refractivity contribution in [3.8, 4) is 17.4 Å². The quantitative estimate of drug-likeness (QED) is 0.169. The van der Waals surface area contributed by atoms with E-state index < -0.39 is 0 Å². The average Bonchev–Trinajstić information content (AvgIpc) is 2.80. The van der Waals surface area contributed by atoms with Crippen molar-refractivity contribution in [2.45, 2.75) is 26.3 Å². The number of hydrogen-bond donors (Lipinski definition) is 2. The topological polar surface area (TPSA) is 86.2 Å². The molecule has 9 heteroatoms. The maximum Gasteiger partial charge on any atom is 0.218 e. The molecule has 0 spiro atoms. The molecule has 0 amide bonds. The Morgan fingerprint density at radius 2 is 1.91 bits per heavy atom. The number of benzene rings is 1. The lowest BCUT2D eigenvalue weighted by atomic mass is 10.1. The first-order valence-electron chi connectivity index (χ1n) is 10.5. The molecule has 0 aliphatic rings. The van der Waals surface area contributed by atoms with Gasteiger partial charge in [0.1, 0.15) is 6.61 Å². The van der Waals surface area contributed by atoms with Gasteiger partial charge in [-0.25, -0.2) is 4.98 Å². The number of nitrogens with one attached hydrogen (secondary N) is 2. The van der Waals surface area contributed by atoms with Crippen LogP contribution in [0.15, 0.2) is 41.5 Å². The first-order valence-corrected chi connectivity index (χ1v) is 10.5. The van der Waals surface area contributed by atoms with E-state index in [0.717, 1.165) is 42.4 Å². The van der Waals surface area contributed by atoms with Crippen LogP contribution in [0.25, 0.3) is 0 Å². The van der Waals surface area contributed by atoms with Crippen molar-refractivity contribution in [3.63, 3.8) is 0 Å². The highest BCUT2D eigenvalue weighted by atomic mass is 127. The zero-order valence-electron chi connectivity index (χ0n) is 19.3. The molecule has 0 saturated carbocycles. The van der Waals surface area contributed by atoms with Crippen molar-refractivity contribution in [2.24, 2.45) is 4.99 Å². The lowest BCUT2D eigenvalue weighted by Gasteiger charge is -2.14. The van der Waals surface area contributed by atoms with E-state index in [0.29, 0.717) is 32.2 Å². The van der Waals surface area contributed by atoms with Crippen LogP contribution in [0.1, 0.15) is 24.5 Å². The molecule has 8 nitrogen and oxygen atoms in total. The molecule has 178 valence electrons. The molecule has 2 N–H and O–H groups in total. The minimum atomic E-state index is 0. The van der Waals surface area contributed by atoms with E-state index in [1.54, 1.807) is 27.5 Å². The number of methoxy groups -OCH3 is 2. The van der Waals surface area contributed by atoms with Crippen molar-refractivity contribution < 1.29 is 18.9 Å². The summed E-state index contributed by atoms with van der Waals surface area (Å²) in [4.78, 5) is 8.59. The fraction of sp³-hybridized carbons (Fsp3) is 0.478. The molecule has 1 aromatic heterocycles. The molecule has 2 aromatic rings. The summed E-state index contributed by atoms with van der Waals surface area (Å²) in [5.41, 5.74) is 2.17. The number of guanidine groups is 1.